The molecule has 0 heterocycles. The van der Waals surface area contributed by atoms with Crippen LogP contribution in [0.2, 0.25) is 0 Å². The van der Waals surface area contributed by atoms with Crippen molar-refractivity contribution in [2.45, 2.75) is 31.7 Å². The summed E-state index contributed by atoms with van der Waals surface area (Å²) in [5, 5.41) is 3.21. The van der Waals surface area contributed by atoms with E-state index in [9.17, 15) is 0 Å². The summed E-state index contributed by atoms with van der Waals surface area (Å²) in [6, 6.07) is 20.3. The van der Waals surface area contributed by atoms with E-state index in [2.05, 4.69) is 36.5 Å². The Hall–Kier alpha value is -1.71. The zero-order valence-corrected chi connectivity index (χ0v) is 13.1. The lowest BCUT2D eigenvalue weighted by molar-refractivity contribution is 0.611. The molecule has 0 aliphatic rings. The lowest BCUT2D eigenvalue weighted by atomic mass is 9.94. The van der Waals surface area contributed by atoms with Crippen LogP contribution in [-0.4, -0.2) is 11.0 Å². The second-order valence-electron chi connectivity index (χ2n) is 5.35. The van der Waals surface area contributed by atoms with Gasteiger partial charge >= 0.3 is 0 Å². The van der Waals surface area contributed by atoms with Crippen LogP contribution in [0.3, 0.4) is 0 Å². The predicted octanol–water partition coefficient (Wildman–Crippen LogP) is 4.34. The summed E-state index contributed by atoms with van der Waals surface area (Å²) in [4.78, 5) is 0.710. The molecule has 110 valence electrons. The molecule has 2 rings (SSSR count). The Morgan fingerprint density at radius 3 is 2.19 bits per heavy atom. The first kappa shape index (κ1) is 15.7. The molecule has 0 spiro atoms. The van der Waals surface area contributed by atoms with Crippen LogP contribution in [0.25, 0.3) is 0 Å². The number of nitrogens with one attached hydrogen (secondary N) is 1. The Morgan fingerprint density at radius 1 is 1.00 bits per heavy atom. The fourth-order valence-electron chi connectivity index (χ4n) is 2.27. The minimum atomic E-state index is -0.105. The van der Waals surface area contributed by atoms with Crippen LogP contribution in [-0.2, 0) is 0 Å². The maximum Gasteiger partial charge on any atom is 0.0967 e. The van der Waals surface area contributed by atoms with Gasteiger partial charge in [-0.1, -0.05) is 67.7 Å². The molecule has 2 aromatic carbocycles. The van der Waals surface area contributed by atoms with E-state index in [0.717, 1.165) is 18.5 Å². The van der Waals surface area contributed by atoms with Crippen molar-refractivity contribution in [3.05, 3.63) is 66.2 Å². The van der Waals surface area contributed by atoms with Crippen LogP contribution >= 0.6 is 12.2 Å². The van der Waals surface area contributed by atoms with Crippen molar-refractivity contribution in [1.82, 2.24) is 0 Å². The van der Waals surface area contributed by atoms with Gasteiger partial charge in [0.05, 0.1) is 11.0 Å². The third-order valence-corrected chi connectivity index (χ3v) is 4.06. The van der Waals surface area contributed by atoms with E-state index >= 15 is 0 Å². The number of thiocarbonyl (C=S) groups is 1. The fraction of sp³-hybridized carbons (Fsp3) is 0.278. The van der Waals surface area contributed by atoms with E-state index in [-0.39, 0.29) is 6.04 Å². The number of anilines is 1. The van der Waals surface area contributed by atoms with Gasteiger partial charge in [0, 0.05) is 5.69 Å². The molecular formula is C18H22N2S. The number of hydrogen-bond acceptors (Lipinski definition) is 2. The normalized spacial score (nSPS) is 13.4. The first-order chi connectivity index (χ1) is 10.2. The summed E-state index contributed by atoms with van der Waals surface area (Å²) in [6.45, 7) is 2.23. The summed E-state index contributed by atoms with van der Waals surface area (Å²) in [5.74, 6) is 0.497. The Bertz CT molecular complexity index is 554. The van der Waals surface area contributed by atoms with Gasteiger partial charge in [-0.25, -0.2) is 0 Å². The Balaban J connectivity index is 1.81. The highest BCUT2D eigenvalue weighted by Gasteiger charge is 2.12. The predicted molar refractivity (Wildman–Crippen MR) is 94.7 cm³/mol. The van der Waals surface area contributed by atoms with E-state index in [4.69, 9.17) is 18.0 Å². The first-order valence-corrected chi connectivity index (χ1v) is 7.74. The maximum atomic E-state index is 6.19. The molecule has 0 aliphatic carbocycles. The van der Waals surface area contributed by atoms with Crippen molar-refractivity contribution in [2.75, 3.05) is 5.32 Å². The van der Waals surface area contributed by atoms with Gasteiger partial charge in [0.15, 0.2) is 0 Å². The van der Waals surface area contributed by atoms with E-state index in [1.165, 1.54) is 5.56 Å². The van der Waals surface area contributed by atoms with Crippen molar-refractivity contribution >= 4 is 22.9 Å². The molecule has 0 aromatic heterocycles. The SMILES string of the molecule is CC(CCC(N)C(=S)Nc1ccccc1)c1ccccc1. The molecule has 3 heteroatoms. The first-order valence-electron chi connectivity index (χ1n) is 7.33. The highest BCUT2D eigenvalue weighted by atomic mass is 32.1. The van der Waals surface area contributed by atoms with Gasteiger partial charge in [-0.05, 0) is 36.5 Å². The fourth-order valence-corrected chi connectivity index (χ4v) is 2.50. The number of rotatable bonds is 6. The molecule has 0 saturated carbocycles. The number of benzene rings is 2. The largest absolute Gasteiger partial charge is 0.349 e. The molecule has 0 aliphatic heterocycles. The minimum absolute atomic E-state index is 0.105. The van der Waals surface area contributed by atoms with Crippen molar-refractivity contribution < 1.29 is 0 Å². The highest BCUT2D eigenvalue weighted by Crippen LogP contribution is 2.21. The Labute approximate surface area is 132 Å². The number of nitrogens with two attached hydrogens (primary N) is 1. The molecule has 0 radical (unpaired) electrons. The molecule has 21 heavy (non-hydrogen) atoms. The molecule has 2 atom stereocenters. The molecule has 0 fully saturated rings. The summed E-state index contributed by atoms with van der Waals surface area (Å²) in [7, 11) is 0. The zero-order valence-electron chi connectivity index (χ0n) is 12.3. The third kappa shape index (κ3) is 4.96. The Morgan fingerprint density at radius 2 is 1.57 bits per heavy atom. The lowest BCUT2D eigenvalue weighted by Gasteiger charge is -2.18. The highest BCUT2D eigenvalue weighted by molar-refractivity contribution is 7.80. The maximum absolute atomic E-state index is 6.19. The summed E-state index contributed by atoms with van der Waals surface area (Å²) >= 11 is 5.39. The molecule has 0 bridgehead atoms. The summed E-state index contributed by atoms with van der Waals surface area (Å²) in [6.07, 6.45) is 1.91. The van der Waals surface area contributed by atoms with Crippen LogP contribution in [0.1, 0.15) is 31.2 Å². The van der Waals surface area contributed by atoms with Crippen LogP contribution in [0.15, 0.2) is 60.7 Å². The van der Waals surface area contributed by atoms with Crippen molar-refractivity contribution in [3.8, 4) is 0 Å². The van der Waals surface area contributed by atoms with E-state index < -0.39 is 0 Å². The van der Waals surface area contributed by atoms with Crippen LogP contribution < -0.4 is 11.1 Å². The lowest BCUT2D eigenvalue weighted by Crippen LogP contribution is -2.34. The van der Waals surface area contributed by atoms with Gasteiger partial charge in [-0.15, -0.1) is 0 Å². The van der Waals surface area contributed by atoms with E-state index in [1.54, 1.807) is 0 Å². The smallest absolute Gasteiger partial charge is 0.0967 e. The van der Waals surface area contributed by atoms with Gasteiger partial charge in [0.25, 0.3) is 0 Å². The van der Waals surface area contributed by atoms with E-state index in [0.29, 0.717) is 10.9 Å². The summed E-state index contributed by atoms with van der Waals surface area (Å²) < 4.78 is 0. The molecule has 2 unspecified atom stereocenters. The molecular weight excluding hydrogens is 276 g/mol. The molecule has 2 aromatic rings. The summed E-state index contributed by atoms with van der Waals surface area (Å²) in [5.41, 5.74) is 8.54. The van der Waals surface area contributed by atoms with Crippen molar-refractivity contribution in [2.24, 2.45) is 5.73 Å². The van der Waals surface area contributed by atoms with Crippen LogP contribution in [0, 0.1) is 0 Å². The van der Waals surface area contributed by atoms with Gasteiger partial charge in [0.2, 0.25) is 0 Å². The Kier molecular flexibility index (Phi) is 5.90. The monoisotopic (exact) mass is 298 g/mol. The molecule has 3 N–H and O–H groups in total. The van der Waals surface area contributed by atoms with Crippen molar-refractivity contribution in [3.63, 3.8) is 0 Å². The van der Waals surface area contributed by atoms with E-state index in [1.807, 2.05) is 36.4 Å². The van der Waals surface area contributed by atoms with Gasteiger partial charge in [-0.3, -0.25) is 0 Å². The minimum Gasteiger partial charge on any atom is -0.349 e. The average Bonchev–Trinajstić information content (AvgIpc) is 2.54. The van der Waals surface area contributed by atoms with Gasteiger partial charge in [0.1, 0.15) is 0 Å². The second-order valence-corrected chi connectivity index (χ2v) is 5.79. The number of para-hydroxylation sites is 1. The van der Waals surface area contributed by atoms with Crippen LogP contribution in [0.5, 0.6) is 0 Å². The van der Waals surface area contributed by atoms with Crippen LogP contribution in [0.4, 0.5) is 5.69 Å². The topological polar surface area (TPSA) is 38.0 Å². The quantitative estimate of drug-likeness (QED) is 0.779. The molecule has 2 nitrogen and oxygen atoms in total. The zero-order chi connectivity index (χ0) is 15.1. The number of hydrogen-bond donors (Lipinski definition) is 2. The third-order valence-electron chi connectivity index (χ3n) is 3.66. The molecule has 0 saturated heterocycles. The molecule has 0 amide bonds. The average molecular weight is 298 g/mol. The van der Waals surface area contributed by atoms with Gasteiger partial charge < -0.3 is 11.1 Å². The van der Waals surface area contributed by atoms with Crippen molar-refractivity contribution in [1.29, 1.82) is 0 Å². The second kappa shape index (κ2) is 7.91. The van der Waals surface area contributed by atoms with Gasteiger partial charge in [-0.2, -0.15) is 0 Å². The standard InChI is InChI=1S/C18H22N2S/c1-14(15-8-4-2-5-9-15)12-13-17(19)18(21)20-16-10-6-3-7-11-16/h2-11,14,17H,12-13,19H2,1H3,(H,20,21).